The van der Waals surface area contributed by atoms with Gasteiger partial charge in [-0.15, -0.1) is 0 Å². The van der Waals surface area contributed by atoms with Crippen molar-refractivity contribution in [2.45, 2.75) is 6.42 Å². The number of ether oxygens (including phenoxy) is 2. The van der Waals surface area contributed by atoms with Crippen LogP contribution in [0.2, 0.25) is 0 Å². The third kappa shape index (κ3) is 3.72. The van der Waals surface area contributed by atoms with Crippen LogP contribution in [0.15, 0.2) is 72.8 Å². The van der Waals surface area contributed by atoms with E-state index in [0.29, 0.717) is 0 Å². The van der Waals surface area contributed by atoms with Gasteiger partial charge in [0.25, 0.3) is 0 Å². The summed E-state index contributed by atoms with van der Waals surface area (Å²) in [6, 6.07) is 25.1. The van der Waals surface area contributed by atoms with Gasteiger partial charge in [-0.3, -0.25) is 0 Å². The van der Waals surface area contributed by atoms with E-state index < -0.39 is 0 Å². The summed E-state index contributed by atoms with van der Waals surface area (Å²) in [4.78, 5) is 0. The third-order valence-electron chi connectivity index (χ3n) is 3.88. The van der Waals surface area contributed by atoms with E-state index in [1.807, 2.05) is 24.3 Å². The number of rotatable bonds is 5. The summed E-state index contributed by atoms with van der Waals surface area (Å²) in [5.74, 6) is 1.64. The van der Waals surface area contributed by atoms with Crippen molar-refractivity contribution in [2.75, 3.05) is 14.2 Å². The van der Waals surface area contributed by atoms with Crippen LogP contribution in [0.25, 0.3) is 11.1 Å². The van der Waals surface area contributed by atoms with Gasteiger partial charge in [0, 0.05) is 6.07 Å². The quantitative estimate of drug-likeness (QED) is 0.663. The molecule has 0 fully saturated rings. The Balaban J connectivity index is 1.81. The Morgan fingerprint density at radius 2 is 1.17 bits per heavy atom. The fourth-order valence-corrected chi connectivity index (χ4v) is 2.65. The summed E-state index contributed by atoms with van der Waals surface area (Å²) in [5.41, 5.74) is 4.91. The molecule has 0 aromatic heterocycles. The van der Waals surface area contributed by atoms with Crippen molar-refractivity contribution < 1.29 is 9.47 Å². The summed E-state index contributed by atoms with van der Waals surface area (Å²) in [7, 11) is 3.35. The lowest BCUT2D eigenvalue weighted by Crippen LogP contribution is -1.93. The summed E-state index contributed by atoms with van der Waals surface area (Å²) in [6.07, 6.45) is 0.850. The zero-order chi connectivity index (χ0) is 16.1. The summed E-state index contributed by atoms with van der Waals surface area (Å²) < 4.78 is 10.7. The van der Waals surface area contributed by atoms with Gasteiger partial charge in [0.05, 0.1) is 14.2 Å². The summed E-state index contributed by atoms with van der Waals surface area (Å²) >= 11 is 0. The summed E-state index contributed by atoms with van der Waals surface area (Å²) in [5, 5.41) is 0. The standard InChI is InChI=1S/C21H20O2/c1-22-20-13-17(14-21(15-20)23-2)12-16-8-10-19(11-9-16)18-6-4-3-5-7-18/h3-11,13-15H,12H2,1-2H3. The predicted molar refractivity (Wildman–Crippen MR) is 94.2 cm³/mol. The SMILES string of the molecule is COc1cc(Cc2ccc(-c3ccccc3)cc2)cc(OC)c1. The molecule has 0 spiro atoms. The minimum atomic E-state index is 0.820. The summed E-state index contributed by atoms with van der Waals surface area (Å²) in [6.45, 7) is 0. The molecule has 0 aliphatic rings. The van der Waals surface area contributed by atoms with Crippen LogP contribution in [0, 0.1) is 0 Å². The third-order valence-corrected chi connectivity index (χ3v) is 3.88. The molecule has 0 saturated heterocycles. The maximum atomic E-state index is 5.33. The second-order valence-electron chi connectivity index (χ2n) is 5.46. The van der Waals surface area contributed by atoms with Crippen molar-refractivity contribution in [1.29, 1.82) is 0 Å². The van der Waals surface area contributed by atoms with Crippen molar-refractivity contribution in [3.05, 3.63) is 83.9 Å². The van der Waals surface area contributed by atoms with Crippen molar-refractivity contribution in [3.63, 3.8) is 0 Å². The van der Waals surface area contributed by atoms with Gasteiger partial charge in [0.2, 0.25) is 0 Å². The van der Waals surface area contributed by atoms with Crippen LogP contribution in [0.1, 0.15) is 11.1 Å². The van der Waals surface area contributed by atoms with Gasteiger partial charge in [0.15, 0.2) is 0 Å². The van der Waals surface area contributed by atoms with Crippen molar-refractivity contribution in [3.8, 4) is 22.6 Å². The average Bonchev–Trinajstić information content (AvgIpc) is 2.62. The Bertz CT molecular complexity index is 739. The molecule has 3 aromatic carbocycles. The van der Waals surface area contributed by atoms with Crippen molar-refractivity contribution in [1.82, 2.24) is 0 Å². The lowest BCUT2D eigenvalue weighted by molar-refractivity contribution is 0.393. The fourth-order valence-electron chi connectivity index (χ4n) is 2.65. The second kappa shape index (κ2) is 7.01. The molecule has 3 aromatic rings. The molecule has 0 aliphatic heterocycles. The minimum Gasteiger partial charge on any atom is -0.497 e. The molecule has 0 N–H and O–H groups in total. The molecule has 0 amide bonds. The topological polar surface area (TPSA) is 18.5 Å². The Labute approximate surface area is 137 Å². The zero-order valence-corrected chi connectivity index (χ0v) is 13.5. The van der Waals surface area contributed by atoms with E-state index in [9.17, 15) is 0 Å². The lowest BCUT2D eigenvalue weighted by atomic mass is 10.00. The highest BCUT2D eigenvalue weighted by Gasteiger charge is 2.04. The van der Waals surface area contributed by atoms with Crippen LogP contribution < -0.4 is 9.47 Å². The molecule has 0 saturated carbocycles. The van der Waals surface area contributed by atoms with E-state index in [1.165, 1.54) is 22.3 Å². The molecular formula is C21H20O2. The predicted octanol–water partition coefficient (Wildman–Crippen LogP) is 4.96. The van der Waals surface area contributed by atoms with Gasteiger partial charge < -0.3 is 9.47 Å². The van der Waals surface area contributed by atoms with Crippen molar-refractivity contribution in [2.24, 2.45) is 0 Å². The molecule has 2 nitrogen and oxygen atoms in total. The largest absolute Gasteiger partial charge is 0.497 e. The number of methoxy groups -OCH3 is 2. The molecule has 0 radical (unpaired) electrons. The maximum absolute atomic E-state index is 5.33. The van der Waals surface area contributed by atoms with Crippen LogP contribution in [-0.4, -0.2) is 14.2 Å². The zero-order valence-electron chi connectivity index (χ0n) is 13.5. The monoisotopic (exact) mass is 304 g/mol. The van der Waals surface area contributed by atoms with E-state index in [1.54, 1.807) is 14.2 Å². The van der Waals surface area contributed by atoms with Gasteiger partial charge in [-0.05, 0) is 40.8 Å². The van der Waals surface area contributed by atoms with Crippen LogP contribution in [0.5, 0.6) is 11.5 Å². The van der Waals surface area contributed by atoms with Gasteiger partial charge in [0.1, 0.15) is 11.5 Å². The van der Waals surface area contributed by atoms with E-state index in [0.717, 1.165) is 17.9 Å². The number of hydrogen-bond acceptors (Lipinski definition) is 2. The van der Waals surface area contributed by atoms with Gasteiger partial charge in [-0.2, -0.15) is 0 Å². The molecule has 3 rings (SSSR count). The number of benzene rings is 3. The molecule has 2 heteroatoms. The van der Waals surface area contributed by atoms with Crippen LogP contribution in [0.3, 0.4) is 0 Å². The first kappa shape index (κ1) is 15.2. The Morgan fingerprint density at radius 1 is 0.609 bits per heavy atom. The van der Waals surface area contributed by atoms with Gasteiger partial charge in [-0.1, -0.05) is 54.6 Å². The Hall–Kier alpha value is -2.74. The molecular weight excluding hydrogens is 284 g/mol. The molecule has 0 heterocycles. The Kier molecular flexibility index (Phi) is 4.62. The normalized spacial score (nSPS) is 10.3. The molecule has 0 unspecified atom stereocenters. The second-order valence-corrected chi connectivity index (χ2v) is 5.46. The maximum Gasteiger partial charge on any atom is 0.122 e. The Morgan fingerprint density at radius 3 is 1.74 bits per heavy atom. The van der Waals surface area contributed by atoms with E-state index >= 15 is 0 Å². The van der Waals surface area contributed by atoms with E-state index in [2.05, 4.69) is 48.5 Å². The lowest BCUT2D eigenvalue weighted by Gasteiger charge is -2.09. The van der Waals surface area contributed by atoms with Crippen molar-refractivity contribution >= 4 is 0 Å². The average molecular weight is 304 g/mol. The molecule has 0 bridgehead atoms. The highest BCUT2D eigenvalue weighted by atomic mass is 16.5. The van der Waals surface area contributed by atoms with E-state index in [-0.39, 0.29) is 0 Å². The van der Waals surface area contributed by atoms with Crippen LogP contribution >= 0.6 is 0 Å². The number of hydrogen-bond donors (Lipinski definition) is 0. The molecule has 0 atom stereocenters. The van der Waals surface area contributed by atoms with Crippen LogP contribution in [-0.2, 0) is 6.42 Å². The van der Waals surface area contributed by atoms with Gasteiger partial charge >= 0.3 is 0 Å². The molecule has 116 valence electrons. The highest BCUT2D eigenvalue weighted by Crippen LogP contribution is 2.25. The first-order valence-electron chi connectivity index (χ1n) is 7.65. The first-order chi connectivity index (χ1) is 11.3. The smallest absolute Gasteiger partial charge is 0.122 e. The first-order valence-corrected chi connectivity index (χ1v) is 7.65. The fraction of sp³-hybridized carbons (Fsp3) is 0.143. The minimum absolute atomic E-state index is 0.820. The van der Waals surface area contributed by atoms with Crippen LogP contribution in [0.4, 0.5) is 0 Å². The molecule has 0 aliphatic carbocycles. The van der Waals surface area contributed by atoms with E-state index in [4.69, 9.17) is 9.47 Å². The van der Waals surface area contributed by atoms with Gasteiger partial charge in [-0.25, -0.2) is 0 Å². The highest BCUT2D eigenvalue weighted by molar-refractivity contribution is 5.63. The molecule has 23 heavy (non-hydrogen) atoms.